The Bertz CT molecular complexity index is 817. The molecule has 138 valence electrons. The largest absolute Gasteiger partial charge is 0.354 e. The second-order valence-electron chi connectivity index (χ2n) is 6.71. The van der Waals surface area contributed by atoms with Crippen LogP contribution in [-0.2, 0) is 14.6 Å². The van der Waals surface area contributed by atoms with Gasteiger partial charge >= 0.3 is 0 Å². The number of sulfone groups is 1. The molecular formula is C20H24N2O3S. The fraction of sp³-hybridized carbons (Fsp3) is 0.400. The highest BCUT2D eigenvalue weighted by Gasteiger charge is 2.31. The molecule has 0 saturated heterocycles. The van der Waals surface area contributed by atoms with Gasteiger partial charge in [0.1, 0.15) is 5.25 Å². The second-order valence-corrected chi connectivity index (χ2v) is 8.84. The summed E-state index contributed by atoms with van der Waals surface area (Å²) in [4.78, 5) is 16.8. The Morgan fingerprint density at radius 2 is 1.81 bits per heavy atom. The van der Waals surface area contributed by atoms with Crippen LogP contribution in [0.5, 0.6) is 0 Å². The fourth-order valence-electron chi connectivity index (χ4n) is 3.45. The van der Waals surface area contributed by atoms with E-state index in [-0.39, 0.29) is 23.3 Å². The van der Waals surface area contributed by atoms with E-state index in [1.807, 2.05) is 0 Å². The number of carbonyl (C=O) groups is 1. The minimum absolute atomic E-state index is 0.00210. The maximum atomic E-state index is 13.1. The van der Waals surface area contributed by atoms with Gasteiger partial charge in [-0.1, -0.05) is 43.5 Å². The molecule has 3 rings (SSSR count). The van der Waals surface area contributed by atoms with Gasteiger partial charge in [0.15, 0.2) is 9.84 Å². The van der Waals surface area contributed by atoms with Gasteiger partial charge in [0.05, 0.1) is 4.90 Å². The lowest BCUT2D eigenvalue weighted by molar-refractivity contribution is -0.125. The number of carbonyl (C=O) groups excluding carboxylic acids is 1. The summed E-state index contributed by atoms with van der Waals surface area (Å²) in [5.74, 6) is -0.0421. The molecule has 1 aromatic carbocycles. The van der Waals surface area contributed by atoms with E-state index >= 15 is 0 Å². The van der Waals surface area contributed by atoms with E-state index in [9.17, 15) is 13.2 Å². The summed E-state index contributed by atoms with van der Waals surface area (Å²) in [5, 5.41) is 2.03. The van der Waals surface area contributed by atoms with Crippen LogP contribution in [0.2, 0.25) is 0 Å². The van der Waals surface area contributed by atoms with Crippen LogP contribution >= 0.6 is 0 Å². The van der Waals surface area contributed by atoms with Gasteiger partial charge in [-0.3, -0.25) is 9.78 Å². The fourth-order valence-corrected chi connectivity index (χ4v) is 5.12. The first-order chi connectivity index (χ1) is 12.6. The van der Waals surface area contributed by atoms with Crippen molar-refractivity contribution >= 4 is 15.7 Å². The number of benzene rings is 1. The Morgan fingerprint density at radius 1 is 1.08 bits per heavy atom. The topological polar surface area (TPSA) is 76.1 Å². The predicted molar refractivity (Wildman–Crippen MR) is 100 cm³/mol. The summed E-state index contributed by atoms with van der Waals surface area (Å²) in [6, 6.07) is 11.8. The van der Waals surface area contributed by atoms with Crippen molar-refractivity contribution in [2.24, 2.45) is 5.92 Å². The van der Waals surface area contributed by atoms with Crippen LogP contribution in [0.4, 0.5) is 0 Å². The van der Waals surface area contributed by atoms with Gasteiger partial charge < -0.3 is 5.32 Å². The number of nitrogens with zero attached hydrogens (tertiary/aromatic N) is 1. The summed E-state index contributed by atoms with van der Waals surface area (Å²) in [7, 11) is -3.64. The van der Waals surface area contributed by atoms with E-state index < -0.39 is 15.1 Å². The number of nitrogens with one attached hydrogen (secondary N) is 1. The molecule has 1 amide bonds. The zero-order valence-corrected chi connectivity index (χ0v) is 15.5. The quantitative estimate of drug-likeness (QED) is 0.844. The first kappa shape index (κ1) is 18.6. The normalized spacial score (nSPS) is 16.8. The number of amides is 1. The van der Waals surface area contributed by atoms with Crippen molar-refractivity contribution in [1.29, 1.82) is 0 Å². The van der Waals surface area contributed by atoms with Gasteiger partial charge in [-0.15, -0.1) is 0 Å². The van der Waals surface area contributed by atoms with E-state index in [4.69, 9.17) is 0 Å². The predicted octanol–water partition coefficient (Wildman–Crippen LogP) is 3.29. The number of rotatable bonds is 6. The van der Waals surface area contributed by atoms with Crippen LogP contribution in [-0.4, -0.2) is 25.9 Å². The zero-order valence-electron chi connectivity index (χ0n) is 14.7. The number of pyridine rings is 1. The van der Waals surface area contributed by atoms with Crippen LogP contribution < -0.4 is 5.32 Å². The summed E-state index contributed by atoms with van der Waals surface area (Å²) >= 11 is 0. The molecule has 0 aliphatic heterocycles. The van der Waals surface area contributed by atoms with E-state index in [1.54, 1.807) is 54.9 Å². The van der Waals surface area contributed by atoms with Crippen molar-refractivity contribution in [3.63, 3.8) is 0 Å². The van der Waals surface area contributed by atoms with Crippen LogP contribution in [0.3, 0.4) is 0 Å². The number of aromatic nitrogens is 1. The van der Waals surface area contributed by atoms with E-state index in [2.05, 4.69) is 10.3 Å². The summed E-state index contributed by atoms with van der Waals surface area (Å²) < 4.78 is 26.3. The third-order valence-corrected chi connectivity index (χ3v) is 7.06. The molecular weight excluding hydrogens is 348 g/mol. The highest BCUT2D eigenvalue weighted by Crippen LogP contribution is 2.29. The molecule has 26 heavy (non-hydrogen) atoms. The van der Waals surface area contributed by atoms with E-state index in [0.717, 1.165) is 25.7 Å². The van der Waals surface area contributed by atoms with Crippen molar-refractivity contribution in [3.8, 4) is 0 Å². The van der Waals surface area contributed by atoms with Crippen molar-refractivity contribution in [2.45, 2.75) is 42.2 Å². The van der Waals surface area contributed by atoms with Crippen LogP contribution in [0.15, 0.2) is 59.8 Å². The summed E-state index contributed by atoms with van der Waals surface area (Å²) in [5.41, 5.74) is 0.584. The van der Waals surface area contributed by atoms with Gasteiger partial charge in [0.2, 0.25) is 5.91 Å². The second kappa shape index (κ2) is 8.45. The molecule has 1 N–H and O–H groups in total. The highest BCUT2D eigenvalue weighted by atomic mass is 32.2. The molecule has 0 bridgehead atoms. The average molecular weight is 372 g/mol. The van der Waals surface area contributed by atoms with Gasteiger partial charge in [0.25, 0.3) is 0 Å². The zero-order chi connectivity index (χ0) is 18.4. The molecule has 1 heterocycles. The van der Waals surface area contributed by atoms with Crippen molar-refractivity contribution in [1.82, 2.24) is 10.3 Å². The maximum absolute atomic E-state index is 13.1. The summed E-state index contributed by atoms with van der Waals surface area (Å²) in [6.07, 6.45) is 8.22. The Hall–Kier alpha value is -2.21. The SMILES string of the molecule is O=C(NCC(c1cccnc1)S(=O)(=O)c1ccccc1)C1CCCCC1. The number of hydrogen-bond donors (Lipinski definition) is 1. The van der Waals surface area contributed by atoms with Gasteiger partial charge in [-0.25, -0.2) is 8.42 Å². The van der Waals surface area contributed by atoms with Crippen LogP contribution in [0.25, 0.3) is 0 Å². The smallest absolute Gasteiger partial charge is 0.223 e. The molecule has 1 aliphatic rings. The first-order valence-corrected chi connectivity index (χ1v) is 10.6. The Morgan fingerprint density at radius 3 is 2.46 bits per heavy atom. The Kier molecular flexibility index (Phi) is 6.04. The van der Waals surface area contributed by atoms with Crippen molar-refractivity contribution in [3.05, 3.63) is 60.4 Å². The Labute approximate surface area is 154 Å². The molecule has 5 nitrogen and oxygen atoms in total. The molecule has 2 aromatic rings. The van der Waals surface area contributed by atoms with Crippen LogP contribution in [0, 0.1) is 5.92 Å². The minimum atomic E-state index is -3.64. The monoisotopic (exact) mass is 372 g/mol. The van der Waals surface area contributed by atoms with Crippen molar-refractivity contribution < 1.29 is 13.2 Å². The molecule has 1 atom stereocenters. The maximum Gasteiger partial charge on any atom is 0.223 e. The van der Waals surface area contributed by atoms with Gasteiger partial charge in [0, 0.05) is 24.9 Å². The minimum Gasteiger partial charge on any atom is -0.354 e. The highest BCUT2D eigenvalue weighted by molar-refractivity contribution is 7.91. The van der Waals surface area contributed by atoms with Gasteiger partial charge in [-0.2, -0.15) is 0 Å². The molecule has 1 unspecified atom stereocenters. The standard InChI is InChI=1S/C20H24N2O3S/c23-20(16-8-3-1-4-9-16)22-15-19(17-10-7-13-21-14-17)26(24,25)18-11-5-2-6-12-18/h2,5-7,10-14,16,19H,1,3-4,8-9,15H2,(H,22,23). The summed E-state index contributed by atoms with van der Waals surface area (Å²) in [6.45, 7) is 0.0538. The third-order valence-electron chi connectivity index (χ3n) is 4.94. The lowest BCUT2D eigenvalue weighted by atomic mass is 9.88. The lowest BCUT2D eigenvalue weighted by Gasteiger charge is -2.23. The van der Waals surface area contributed by atoms with Gasteiger partial charge in [-0.05, 0) is 36.6 Å². The number of hydrogen-bond acceptors (Lipinski definition) is 4. The van der Waals surface area contributed by atoms with Crippen molar-refractivity contribution in [2.75, 3.05) is 6.54 Å². The molecule has 6 heteroatoms. The molecule has 1 saturated carbocycles. The lowest BCUT2D eigenvalue weighted by Crippen LogP contribution is -2.36. The van der Waals surface area contributed by atoms with E-state index in [0.29, 0.717) is 5.56 Å². The first-order valence-electron chi connectivity index (χ1n) is 9.05. The third kappa shape index (κ3) is 4.30. The molecule has 1 aromatic heterocycles. The van der Waals surface area contributed by atoms with Crippen LogP contribution in [0.1, 0.15) is 42.9 Å². The molecule has 1 aliphatic carbocycles. The molecule has 0 spiro atoms. The Balaban J connectivity index is 1.81. The average Bonchev–Trinajstić information content (AvgIpc) is 2.70. The molecule has 1 fully saturated rings. The van der Waals surface area contributed by atoms with E-state index in [1.165, 1.54) is 6.42 Å². The molecule has 0 radical (unpaired) electrons.